The van der Waals surface area contributed by atoms with Crippen LogP contribution in [-0.4, -0.2) is 30.2 Å². The number of ether oxygens (including phenoxy) is 2. The summed E-state index contributed by atoms with van der Waals surface area (Å²) < 4.78 is 11.4. The van der Waals surface area contributed by atoms with Crippen LogP contribution in [0.5, 0.6) is 0 Å². The molecule has 0 aliphatic rings. The zero-order valence-corrected chi connectivity index (χ0v) is 17.1. The van der Waals surface area contributed by atoms with E-state index >= 15 is 0 Å². The Bertz CT molecular complexity index is 686. The number of hydrogen-bond acceptors (Lipinski definition) is 4. The van der Waals surface area contributed by atoms with E-state index < -0.39 is 12.0 Å². The lowest BCUT2D eigenvalue weighted by atomic mass is 9.86. The Morgan fingerprint density at radius 3 is 1.79 bits per heavy atom. The minimum atomic E-state index is -0.736. The van der Waals surface area contributed by atoms with Gasteiger partial charge in [0.05, 0.1) is 32.5 Å². The summed E-state index contributed by atoms with van der Waals surface area (Å²) in [6.07, 6.45) is -0.736. The van der Waals surface area contributed by atoms with E-state index in [1.165, 1.54) is 0 Å². The van der Waals surface area contributed by atoms with Crippen LogP contribution >= 0.6 is 0 Å². The Balaban J connectivity index is 1.71. The van der Waals surface area contributed by atoms with Gasteiger partial charge in [-0.3, -0.25) is 4.79 Å². The van der Waals surface area contributed by atoms with Crippen molar-refractivity contribution in [2.45, 2.75) is 40.1 Å². The van der Waals surface area contributed by atoms with Crippen LogP contribution in [0.25, 0.3) is 0 Å². The monoisotopic (exact) mass is 384 g/mol. The summed E-state index contributed by atoms with van der Waals surface area (Å²) in [6.45, 7) is 7.30. The highest BCUT2D eigenvalue weighted by atomic mass is 16.5. The maximum absolute atomic E-state index is 12.6. The van der Waals surface area contributed by atoms with E-state index in [1.54, 1.807) is 6.92 Å². The Morgan fingerprint density at radius 1 is 0.821 bits per heavy atom. The number of benzene rings is 2. The van der Waals surface area contributed by atoms with Gasteiger partial charge >= 0.3 is 0 Å². The van der Waals surface area contributed by atoms with Crippen molar-refractivity contribution in [3.05, 3.63) is 71.8 Å². The van der Waals surface area contributed by atoms with Crippen molar-refractivity contribution in [3.8, 4) is 0 Å². The molecule has 0 saturated carbocycles. The molecule has 0 saturated heterocycles. The lowest BCUT2D eigenvalue weighted by molar-refractivity contribution is -0.133. The zero-order valence-electron chi connectivity index (χ0n) is 17.1. The van der Waals surface area contributed by atoms with Crippen LogP contribution in [0.1, 0.15) is 31.9 Å². The normalized spacial score (nSPS) is 15.6. The highest BCUT2D eigenvalue weighted by molar-refractivity contribution is 5.83. The Kier molecular flexibility index (Phi) is 9.35. The SMILES string of the molecule is C[C@H](COCc1ccccc1)[C@H](O)[C@H](C)C(=O)[C@@H](C)COCc1ccccc1. The molecule has 0 unspecified atom stereocenters. The molecule has 0 spiro atoms. The molecular formula is C24H32O4. The van der Waals surface area contributed by atoms with Crippen molar-refractivity contribution in [1.29, 1.82) is 0 Å². The third-order valence-corrected chi connectivity index (χ3v) is 5.00. The molecule has 4 nitrogen and oxygen atoms in total. The largest absolute Gasteiger partial charge is 0.392 e. The van der Waals surface area contributed by atoms with Gasteiger partial charge in [0.25, 0.3) is 0 Å². The van der Waals surface area contributed by atoms with Gasteiger partial charge in [0.15, 0.2) is 0 Å². The van der Waals surface area contributed by atoms with E-state index in [4.69, 9.17) is 9.47 Å². The molecule has 0 amide bonds. The second-order valence-corrected chi connectivity index (χ2v) is 7.56. The van der Waals surface area contributed by atoms with Crippen LogP contribution in [0, 0.1) is 17.8 Å². The molecule has 0 heterocycles. The van der Waals surface area contributed by atoms with Crippen molar-refractivity contribution in [1.82, 2.24) is 0 Å². The van der Waals surface area contributed by atoms with Crippen molar-refractivity contribution in [2.24, 2.45) is 17.8 Å². The topological polar surface area (TPSA) is 55.8 Å². The van der Waals surface area contributed by atoms with Crippen molar-refractivity contribution >= 4 is 5.78 Å². The molecule has 0 aromatic heterocycles. The summed E-state index contributed by atoms with van der Waals surface area (Å²) in [5.74, 6) is -0.813. The van der Waals surface area contributed by atoms with Crippen LogP contribution in [0.4, 0.5) is 0 Å². The van der Waals surface area contributed by atoms with Gasteiger partial charge in [-0.05, 0) is 11.1 Å². The molecule has 1 N–H and O–H groups in total. The maximum atomic E-state index is 12.6. The first-order chi connectivity index (χ1) is 13.5. The van der Waals surface area contributed by atoms with Gasteiger partial charge in [-0.2, -0.15) is 0 Å². The van der Waals surface area contributed by atoms with Crippen LogP contribution in [-0.2, 0) is 27.5 Å². The van der Waals surface area contributed by atoms with E-state index in [-0.39, 0.29) is 17.6 Å². The second-order valence-electron chi connectivity index (χ2n) is 7.56. The maximum Gasteiger partial charge on any atom is 0.143 e. The fraction of sp³-hybridized carbons (Fsp3) is 0.458. The quantitative estimate of drug-likeness (QED) is 0.594. The molecule has 0 aliphatic carbocycles. The lowest BCUT2D eigenvalue weighted by Gasteiger charge is -2.26. The molecular weight excluding hydrogens is 352 g/mol. The van der Waals surface area contributed by atoms with Crippen LogP contribution < -0.4 is 0 Å². The van der Waals surface area contributed by atoms with E-state index in [0.29, 0.717) is 26.4 Å². The van der Waals surface area contributed by atoms with Crippen molar-refractivity contribution in [3.63, 3.8) is 0 Å². The molecule has 4 atom stereocenters. The number of aliphatic hydroxyl groups excluding tert-OH is 1. The predicted molar refractivity (Wildman–Crippen MR) is 111 cm³/mol. The van der Waals surface area contributed by atoms with Gasteiger partial charge in [-0.1, -0.05) is 81.4 Å². The standard InChI is InChI=1S/C24H32O4/c1-18(14-27-16-21-10-6-4-7-11-21)23(25)20(3)24(26)19(2)15-28-17-22-12-8-5-9-13-22/h4-13,18-20,23,25H,14-17H2,1-3H3/t18-,19+,20+,23+/m1/s1. The molecule has 0 radical (unpaired) electrons. The van der Waals surface area contributed by atoms with Crippen LogP contribution in [0.3, 0.4) is 0 Å². The van der Waals surface area contributed by atoms with E-state index in [2.05, 4.69) is 0 Å². The fourth-order valence-corrected chi connectivity index (χ4v) is 3.16. The number of carbonyl (C=O) groups is 1. The second kappa shape index (κ2) is 11.7. The third-order valence-electron chi connectivity index (χ3n) is 5.00. The van der Waals surface area contributed by atoms with Gasteiger partial charge in [-0.15, -0.1) is 0 Å². The summed E-state index contributed by atoms with van der Waals surface area (Å²) in [6, 6.07) is 19.8. The molecule has 2 aromatic rings. The Hall–Kier alpha value is -2.01. The minimum absolute atomic E-state index is 0.0236. The fourth-order valence-electron chi connectivity index (χ4n) is 3.16. The van der Waals surface area contributed by atoms with Crippen molar-refractivity contribution in [2.75, 3.05) is 13.2 Å². The van der Waals surface area contributed by atoms with Gasteiger partial charge in [0, 0.05) is 17.8 Å². The average Bonchev–Trinajstić information content (AvgIpc) is 2.73. The number of hydrogen-bond donors (Lipinski definition) is 1. The van der Waals surface area contributed by atoms with Gasteiger partial charge < -0.3 is 14.6 Å². The highest BCUT2D eigenvalue weighted by Crippen LogP contribution is 2.19. The number of ketones is 1. The summed E-state index contributed by atoms with van der Waals surface area (Å²) >= 11 is 0. The first-order valence-electron chi connectivity index (χ1n) is 9.94. The highest BCUT2D eigenvalue weighted by Gasteiger charge is 2.29. The van der Waals surface area contributed by atoms with Crippen molar-refractivity contribution < 1.29 is 19.4 Å². The predicted octanol–water partition coefficient (Wildman–Crippen LogP) is 4.26. The smallest absolute Gasteiger partial charge is 0.143 e. The lowest BCUT2D eigenvalue weighted by Crippen LogP contribution is -2.37. The molecule has 28 heavy (non-hydrogen) atoms. The van der Waals surface area contributed by atoms with Gasteiger partial charge in [0.1, 0.15) is 5.78 Å². The summed E-state index contributed by atoms with van der Waals surface area (Å²) in [7, 11) is 0. The van der Waals surface area contributed by atoms with E-state index in [0.717, 1.165) is 11.1 Å². The minimum Gasteiger partial charge on any atom is -0.392 e. The van der Waals surface area contributed by atoms with Crippen LogP contribution in [0.15, 0.2) is 60.7 Å². The molecule has 0 aliphatic heterocycles. The zero-order chi connectivity index (χ0) is 20.4. The first kappa shape index (κ1) is 22.3. The molecule has 4 heteroatoms. The number of rotatable bonds is 12. The van der Waals surface area contributed by atoms with Crippen LogP contribution in [0.2, 0.25) is 0 Å². The van der Waals surface area contributed by atoms with E-state index in [1.807, 2.05) is 74.5 Å². The molecule has 152 valence electrons. The summed E-state index contributed by atoms with van der Waals surface area (Å²) in [5.41, 5.74) is 2.18. The molecule has 2 aromatic carbocycles. The first-order valence-corrected chi connectivity index (χ1v) is 9.94. The number of aliphatic hydroxyl groups is 1. The Labute approximate surface area is 168 Å². The van der Waals surface area contributed by atoms with Gasteiger partial charge in [-0.25, -0.2) is 0 Å². The molecule has 0 bridgehead atoms. The molecule has 0 fully saturated rings. The summed E-state index contributed by atoms with van der Waals surface area (Å²) in [4.78, 5) is 12.6. The summed E-state index contributed by atoms with van der Waals surface area (Å²) in [5, 5.41) is 10.6. The van der Waals surface area contributed by atoms with E-state index in [9.17, 15) is 9.90 Å². The Morgan fingerprint density at radius 2 is 1.29 bits per heavy atom. The third kappa shape index (κ3) is 7.19. The average molecular weight is 385 g/mol. The number of carbonyl (C=O) groups excluding carboxylic acids is 1. The number of Topliss-reactive ketones (excluding diaryl/α,β-unsaturated/α-hetero) is 1. The van der Waals surface area contributed by atoms with Gasteiger partial charge in [0.2, 0.25) is 0 Å². The molecule has 2 rings (SSSR count).